The van der Waals surface area contributed by atoms with Gasteiger partial charge in [-0.3, -0.25) is 15.1 Å². The third-order valence-corrected chi connectivity index (χ3v) is 9.59. The summed E-state index contributed by atoms with van der Waals surface area (Å²) >= 11 is 6.06. The largest absolute Gasteiger partial charge is 0.443 e. The molecule has 0 radical (unpaired) electrons. The molecule has 0 saturated carbocycles. The van der Waals surface area contributed by atoms with Crippen molar-refractivity contribution in [1.82, 2.24) is 19.5 Å². The van der Waals surface area contributed by atoms with E-state index in [1.165, 1.54) is 10.4 Å². The molecule has 0 aliphatic carbocycles. The number of aromatic nitrogens is 1. The number of sulfonamides is 1. The first-order valence-corrected chi connectivity index (χ1v) is 14.0. The molecule has 5 heterocycles. The Balaban J connectivity index is 1.27. The monoisotopic (exact) mass is 545 g/mol. The molecule has 12 heteroatoms. The first-order chi connectivity index (χ1) is 17.7. The standard InChI is InChI=1S/C25H28ClN5O5S/c1-35-17-25-16-30(37(33,34)23-13-18-12-19(26)2-3-21(18)36-23)14-22(32)31(25)15-24(28-25)6-10-29(11-7-24)20-4-8-27-9-5-20/h2-5,8-9,12-13,28H,6-7,10-11,14-17H2,1H3. The molecular formula is C25H28ClN5O5S. The fourth-order valence-electron chi connectivity index (χ4n) is 5.93. The predicted octanol–water partition coefficient (Wildman–Crippen LogP) is 2.30. The molecule has 196 valence electrons. The molecule has 6 rings (SSSR count). The first kappa shape index (κ1) is 24.6. The van der Waals surface area contributed by atoms with Gasteiger partial charge in [0.25, 0.3) is 10.0 Å². The van der Waals surface area contributed by atoms with Gasteiger partial charge in [-0.25, -0.2) is 8.42 Å². The van der Waals surface area contributed by atoms with Gasteiger partial charge in [0.2, 0.25) is 11.0 Å². The summed E-state index contributed by atoms with van der Waals surface area (Å²) in [6.45, 7) is 2.10. The Hall–Kier alpha value is -2.70. The van der Waals surface area contributed by atoms with E-state index in [0.717, 1.165) is 31.6 Å². The van der Waals surface area contributed by atoms with Crippen LogP contribution in [0.2, 0.25) is 5.02 Å². The number of piperazine rings is 1. The number of anilines is 1. The molecule has 3 fully saturated rings. The topological polar surface area (TPSA) is 108 Å². The smallest absolute Gasteiger partial charge is 0.277 e. The average Bonchev–Trinajstić information content (AvgIpc) is 3.45. The summed E-state index contributed by atoms with van der Waals surface area (Å²) in [5.41, 5.74) is 0.241. The summed E-state index contributed by atoms with van der Waals surface area (Å²) < 4.78 is 39.7. The number of ether oxygens (including phenoxy) is 1. The van der Waals surface area contributed by atoms with Crippen molar-refractivity contribution in [2.75, 3.05) is 51.3 Å². The highest BCUT2D eigenvalue weighted by Gasteiger charge is 2.59. The van der Waals surface area contributed by atoms with Gasteiger partial charge in [0, 0.05) is 66.8 Å². The minimum Gasteiger partial charge on any atom is -0.443 e. The number of carbonyl (C=O) groups excluding carboxylic acids is 1. The number of nitrogens with one attached hydrogen (secondary N) is 1. The number of carbonyl (C=O) groups is 1. The van der Waals surface area contributed by atoms with Crippen molar-refractivity contribution < 1.29 is 22.4 Å². The lowest BCUT2D eigenvalue weighted by atomic mass is 9.88. The zero-order valence-corrected chi connectivity index (χ0v) is 22.0. The van der Waals surface area contributed by atoms with Crippen LogP contribution in [0.15, 0.2) is 58.3 Å². The molecule has 3 aromatic rings. The normalized spacial score (nSPS) is 24.2. The number of nitrogens with zero attached hydrogens (tertiary/aromatic N) is 4. The second kappa shape index (κ2) is 8.95. The van der Waals surface area contributed by atoms with E-state index in [0.29, 0.717) is 22.5 Å². The Morgan fingerprint density at radius 1 is 1.14 bits per heavy atom. The Morgan fingerprint density at radius 3 is 2.62 bits per heavy atom. The summed E-state index contributed by atoms with van der Waals surface area (Å²) in [6.07, 6.45) is 5.18. The third kappa shape index (κ3) is 4.18. The van der Waals surface area contributed by atoms with Gasteiger partial charge in [-0.1, -0.05) is 11.6 Å². The predicted molar refractivity (Wildman–Crippen MR) is 138 cm³/mol. The van der Waals surface area contributed by atoms with Gasteiger partial charge in [0.1, 0.15) is 11.2 Å². The van der Waals surface area contributed by atoms with Gasteiger partial charge in [-0.15, -0.1) is 0 Å². The number of halogens is 1. The highest BCUT2D eigenvalue weighted by Crippen LogP contribution is 2.39. The molecule has 1 atom stereocenters. The molecule has 3 aliphatic rings. The maximum absolute atomic E-state index is 13.6. The molecule has 1 spiro atoms. The first-order valence-electron chi connectivity index (χ1n) is 12.2. The molecule has 1 N–H and O–H groups in total. The Kier molecular flexibility index (Phi) is 5.96. The van der Waals surface area contributed by atoms with Gasteiger partial charge in [-0.2, -0.15) is 4.31 Å². The summed E-state index contributed by atoms with van der Waals surface area (Å²) in [5.74, 6) is -0.257. The molecule has 10 nitrogen and oxygen atoms in total. The van der Waals surface area contributed by atoms with Crippen LogP contribution >= 0.6 is 11.6 Å². The van der Waals surface area contributed by atoms with E-state index in [9.17, 15) is 13.2 Å². The van der Waals surface area contributed by atoms with E-state index >= 15 is 0 Å². The number of furan rings is 1. The highest BCUT2D eigenvalue weighted by atomic mass is 35.5. The lowest BCUT2D eigenvalue weighted by Gasteiger charge is -2.45. The fourth-order valence-corrected chi connectivity index (χ4v) is 7.50. The number of methoxy groups -OCH3 is 1. The van der Waals surface area contributed by atoms with Crippen molar-refractivity contribution in [3.63, 3.8) is 0 Å². The van der Waals surface area contributed by atoms with Crippen molar-refractivity contribution in [3.05, 3.63) is 53.8 Å². The van der Waals surface area contributed by atoms with Crippen LogP contribution in [-0.4, -0.2) is 86.2 Å². The van der Waals surface area contributed by atoms with Crippen LogP contribution in [0.1, 0.15) is 12.8 Å². The number of hydrogen-bond donors (Lipinski definition) is 1. The molecule has 3 aliphatic heterocycles. The van der Waals surface area contributed by atoms with Crippen LogP contribution in [0.4, 0.5) is 5.69 Å². The third-order valence-electron chi connectivity index (χ3n) is 7.71. The number of benzene rings is 1. The van der Waals surface area contributed by atoms with Crippen LogP contribution in [0.25, 0.3) is 11.0 Å². The number of fused-ring (bicyclic) bond motifs is 2. The molecule has 37 heavy (non-hydrogen) atoms. The van der Waals surface area contributed by atoms with Crippen LogP contribution in [0.5, 0.6) is 0 Å². The second-order valence-corrected chi connectivity index (χ2v) is 12.4. The zero-order chi connectivity index (χ0) is 25.8. The van der Waals surface area contributed by atoms with Gasteiger partial charge in [0.05, 0.1) is 19.7 Å². The average molecular weight is 546 g/mol. The van der Waals surface area contributed by atoms with Crippen molar-refractivity contribution in [2.24, 2.45) is 0 Å². The Bertz CT molecular complexity index is 1440. The van der Waals surface area contributed by atoms with Crippen LogP contribution < -0.4 is 10.2 Å². The minimum absolute atomic E-state index is 0.0581. The second-order valence-electron chi connectivity index (χ2n) is 10.1. The fraction of sp³-hybridized carbons (Fsp3) is 0.440. The summed E-state index contributed by atoms with van der Waals surface area (Å²) in [6, 6.07) is 10.4. The maximum atomic E-state index is 13.6. The molecule has 0 bridgehead atoms. The van der Waals surface area contributed by atoms with Crippen molar-refractivity contribution in [3.8, 4) is 0 Å². The van der Waals surface area contributed by atoms with Gasteiger partial charge in [-0.05, 0) is 43.2 Å². The van der Waals surface area contributed by atoms with E-state index in [4.69, 9.17) is 20.8 Å². The van der Waals surface area contributed by atoms with E-state index in [1.54, 1.807) is 42.6 Å². The molecule has 2 aromatic heterocycles. The summed E-state index contributed by atoms with van der Waals surface area (Å²) in [7, 11) is -2.52. The molecular weight excluding hydrogens is 518 g/mol. The molecule has 1 unspecified atom stereocenters. The summed E-state index contributed by atoms with van der Waals surface area (Å²) in [4.78, 5) is 21.6. The highest BCUT2D eigenvalue weighted by molar-refractivity contribution is 7.89. The van der Waals surface area contributed by atoms with Gasteiger partial charge < -0.3 is 19.0 Å². The number of hydrogen-bond acceptors (Lipinski definition) is 8. The van der Waals surface area contributed by atoms with Crippen LogP contribution in [0.3, 0.4) is 0 Å². The Labute approximate surface area is 220 Å². The van der Waals surface area contributed by atoms with Crippen molar-refractivity contribution in [1.29, 1.82) is 0 Å². The van der Waals surface area contributed by atoms with E-state index < -0.39 is 15.7 Å². The van der Waals surface area contributed by atoms with Crippen LogP contribution in [-0.2, 0) is 19.6 Å². The lowest BCUT2D eigenvalue weighted by molar-refractivity contribution is -0.144. The van der Waals surface area contributed by atoms with Crippen molar-refractivity contribution >= 4 is 44.2 Å². The summed E-state index contributed by atoms with van der Waals surface area (Å²) in [5, 5.41) is 4.56. The SMILES string of the molecule is COCC12CN(S(=O)(=O)c3cc4cc(Cl)ccc4o3)CC(=O)N1CC1(CCN(c3ccncc3)CC1)N2. The Morgan fingerprint density at radius 2 is 1.89 bits per heavy atom. The van der Waals surface area contributed by atoms with Crippen LogP contribution in [0, 0.1) is 0 Å². The molecule has 1 amide bonds. The number of pyridine rings is 1. The molecule has 1 aromatic carbocycles. The van der Waals surface area contributed by atoms with Gasteiger partial charge >= 0.3 is 0 Å². The number of piperidine rings is 1. The minimum atomic E-state index is -4.09. The lowest BCUT2D eigenvalue weighted by Crippen LogP contribution is -2.70. The number of rotatable bonds is 5. The van der Waals surface area contributed by atoms with E-state index in [1.807, 2.05) is 12.1 Å². The number of amides is 1. The van der Waals surface area contributed by atoms with Crippen molar-refractivity contribution in [2.45, 2.75) is 29.1 Å². The quantitative estimate of drug-likeness (QED) is 0.520. The van der Waals surface area contributed by atoms with E-state index in [2.05, 4.69) is 15.2 Å². The molecule has 3 saturated heterocycles. The maximum Gasteiger partial charge on any atom is 0.277 e. The van der Waals surface area contributed by atoms with Gasteiger partial charge in [0.15, 0.2) is 0 Å². The zero-order valence-electron chi connectivity index (χ0n) is 20.4. The van der Waals surface area contributed by atoms with E-state index in [-0.39, 0.29) is 36.2 Å².